The second-order valence-corrected chi connectivity index (χ2v) is 7.87. The van der Waals surface area contributed by atoms with E-state index in [0.29, 0.717) is 12.8 Å². The number of rotatable bonds is 1. The number of hydrogen-bond donors (Lipinski definition) is 1. The molecule has 1 aliphatic rings. The number of nitrogens with zero attached hydrogens (tertiary/aromatic N) is 2. The molecular formula is C14H19Br2N3O. The van der Waals surface area contributed by atoms with Gasteiger partial charge in [0.25, 0.3) is 0 Å². The van der Waals surface area contributed by atoms with Crippen molar-refractivity contribution >= 4 is 37.8 Å². The molecule has 0 radical (unpaired) electrons. The Morgan fingerprint density at radius 1 is 1.40 bits per heavy atom. The van der Waals surface area contributed by atoms with Crippen molar-refractivity contribution in [2.75, 3.05) is 0 Å². The Morgan fingerprint density at radius 3 is 2.60 bits per heavy atom. The maximum absolute atomic E-state index is 12.4. The molecule has 6 heteroatoms. The van der Waals surface area contributed by atoms with E-state index in [4.69, 9.17) is 5.73 Å². The van der Waals surface area contributed by atoms with E-state index in [1.165, 1.54) is 0 Å². The predicted molar refractivity (Wildman–Crippen MR) is 86.2 cm³/mol. The topological polar surface area (TPSA) is 59.2 Å². The van der Waals surface area contributed by atoms with Gasteiger partial charge in [0, 0.05) is 33.1 Å². The van der Waals surface area contributed by atoms with Crippen LogP contribution in [0, 0.1) is 0 Å². The minimum Gasteiger partial charge on any atom is -0.328 e. The van der Waals surface area contributed by atoms with E-state index in [0.717, 1.165) is 14.6 Å². The predicted octanol–water partition coefficient (Wildman–Crippen LogP) is 3.40. The Kier molecular flexibility index (Phi) is 4.56. The summed E-state index contributed by atoms with van der Waals surface area (Å²) in [5, 5.41) is 0. The fraction of sp³-hybridized carbons (Fsp3) is 0.571. The Hall–Kier alpha value is -0.460. The average molecular weight is 405 g/mol. The van der Waals surface area contributed by atoms with Crippen molar-refractivity contribution in [1.29, 1.82) is 0 Å². The molecule has 0 aliphatic carbocycles. The summed E-state index contributed by atoms with van der Waals surface area (Å²) in [4.78, 5) is 18.7. The van der Waals surface area contributed by atoms with Crippen molar-refractivity contribution in [3.8, 4) is 0 Å². The number of carbonyl (C=O) groups excluding carboxylic acids is 1. The molecule has 0 bridgehead atoms. The summed E-state index contributed by atoms with van der Waals surface area (Å²) in [6.45, 7) is 6.09. The molecule has 2 rings (SSSR count). The molecule has 20 heavy (non-hydrogen) atoms. The van der Waals surface area contributed by atoms with Crippen LogP contribution in [0.3, 0.4) is 0 Å². The number of halogens is 2. The van der Waals surface area contributed by atoms with Crippen LogP contribution in [0.5, 0.6) is 0 Å². The molecule has 1 aliphatic heterocycles. The first-order valence-electron chi connectivity index (χ1n) is 6.60. The standard InChI is InChI=1S/C14H19Br2N3O/c1-14(2,3)19-11(20)5-4-10(17)13(19)12-9(16)6-8(15)7-18-12/h6-7,10,13H,4-5,17H2,1-3H3. The summed E-state index contributed by atoms with van der Waals surface area (Å²) < 4.78 is 1.77. The summed E-state index contributed by atoms with van der Waals surface area (Å²) in [5.74, 6) is 0.140. The zero-order valence-corrected chi connectivity index (χ0v) is 15.0. The van der Waals surface area contributed by atoms with Crippen LogP contribution >= 0.6 is 31.9 Å². The molecule has 2 heterocycles. The second-order valence-electron chi connectivity index (χ2n) is 6.10. The third-order valence-corrected chi connectivity index (χ3v) is 4.55. The molecule has 110 valence electrons. The van der Waals surface area contributed by atoms with Gasteiger partial charge in [0.05, 0.1) is 11.7 Å². The van der Waals surface area contributed by atoms with Crippen LogP contribution in [-0.4, -0.2) is 27.4 Å². The van der Waals surface area contributed by atoms with Gasteiger partial charge in [-0.25, -0.2) is 0 Å². The fourth-order valence-electron chi connectivity index (χ4n) is 2.67. The van der Waals surface area contributed by atoms with Crippen molar-refractivity contribution < 1.29 is 4.79 Å². The molecule has 1 fully saturated rings. The minimum absolute atomic E-state index is 0.100. The molecule has 1 aromatic heterocycles. The normalized spacial score (nSPS) is 24.1. The highest BCUT2D eigenvalue weighted by molar-refractivity contribution is 9.11. The highest BCUT2D eigenvalue weighted by atomic mass is 79.9. The van der Waals surface area contributed by atoms with Gasteiger partial charge in [0.2, 0.25) is 5.91 Å². The van der Waals surface area contributed by atoms with Gasteiger partial charge in [-0.2, -0.15) is 0 Å². The van der Waals surface area contributed by atoms with Crippen molar-refractivity contribution in [2.24, 2.45) is 5.73 Å². The first-order chi connectivity index (χ1) is 9.21. The number of pyridine rings is 1. The number of carbonyl (C=O) groups is 1. The molecule has 0 spiro atoms. The molecule has 1 amide bonds. The lowest BCUT2D eigenvalue weighted by atomic mass is 9.88. The van der Waals surface area contributed by atoms with Gasteiger partial charge >= 0.3 is 0 Å². The van der Waals surface area contributed by atoms with Crippen LogP contribution in [0.2, 0.25) is 0 Å². The van der Waals surface area contributed by atoms with Gasteiger partial charge in [0.1, 0.15) is 0 Å². The van der Waals surface area contributed by atoms with Crippen LogP contribution in [0.15, 0.2) is 21.2 Å². The van der Waals surface area contributed by atoms with Crippen LogP contribution in [0.25, 0.3) is 0 Å². The van der Waals surface area contributed by atoms with Gasteiger partial charge in [0.15, 0.2) is 0 Å². The van der Waals surface area contributed by atoms with Crippen molar-refractivity contribution in [2.45, 2.75) is 51.2 Å². The van der Waals surface area contributed by atoms with E-state index in [1.54, 1.807) is 6.20 Å². The largest absolute Gasteiger partial charge is 0.328 e. The summed E-state index contributed by atoms with van der Waals surface area (Å²) in [6.07, 6.45) is 2.94. The third-order valence-electron chi connectivity index (χ3n) is 3.48. The second kappa shape index (κ2) is 5.73. The third kappa shape index (κ3) is 3.07. The van der Waals surface area contributed by atoms with Crippen molar-refractivity contribution in [1.82, 2.24) is 9.88 Å². The highest BCUT2D eigenvalue weighted by Gasteiger charge is 2.42. The first-order valence-corrected chi connectivity index (χ1v) is 8.19. The number of hydrogen-bond acceptors (Lipinski definition) is 3. The Morgan fingerprint density at radius 2 is 2.05 bits per heavy atom. The summed E-state index contributed by atoms with van der Waals surface area (Å²) in [6, 6.07) is 1.64. The van der Waals surface area contributed by atoms with Crippen molar-refractivity contribution in [3.05, 3.63) is 26.9 Å². The number of likely N-dealkylation sites (tertiary alicyclic amines) is 1. The lowest BCUT2D eigenvalue weighted by Gasteiger charge is -2.47. The molecule has 2 N–H and O–H groups in total. The average Bonchev–Trinajstić information content (AvgIpc) is 2.31. The minimum atomic E-state index is -0.284. The number of piperidine rings is 1. The van der Waals surface area contributed by atoms with Gasteiger partial charge in [-0.05, 0) is 65.1 Å². The van der Waals surface area contributed by atoms with E-state index in [2.05, 4.69) is 36.8 Å². The highest BCUT2D eigenvalue weighted by Crippen LogP contribution is 2.38. The van der Waals surface area contributed by atoms with Gasteiger partial charge in [-0.15, -0.1) is 0 Å². The Balaban J connectivity index is 2.50. The number of amides is 1. The SMILES string of the molecule is CC(C)(C)N1C(=O)CCC(N)C1c1ncc(Br)cc1Br. The fourth-order valence-corrected chi connectivity index (χ4v) is 3.90. The molecule has 4 nitrogen and oxygen atoms in total. The molecule has 1 saturated heterocycles. The summed E-state index contributed by atoms with van der Waals surface area (Å²) in [7, 11) is 0. The van der Waals surface area contributed by atoms with E-state index in [9.17, 15) is 4.79 Å². The quantitative estimate of drug-likeness (QED) is 0.780. The molecule has 2 unspecified atom stereocenters. The van der Waals surface area contributed by atoms with Gasteiger partial charge in [-0.1, -0.05) is 0 Å². The molecule has 0 aromatic carbocycles. The van der Waals surface area contributed by atoms with Gasteiger partial charge < -0.3 is 10.6 Å². The zero-order valence-electron chi connectivity index (χ0n) is 11.9. The Labute approximate surface area is 136 Å². The maximum atomic E-state index is 12.4. The van der Waals surface area contributed by atoms with E-state index in [1.807, 2.05) is 31.7 Å². The van der Waals surface area contributed by atoms with Crippen LogP contribution in [0.1, 0.15) is 45.3 Å². The lowest BCUT2D eigenvalue weighted by Crippen LogP contribution is -2.56. The summed E-state index contributed by atoms with van der Waals surface area (Å²) in [5.41, 5.74) is 6.84. The number of aromatic nitrogens is 1. The van der Waals surface area contributed by atoms with E-state index in [-0.39, 0.29) is 23.5 Å². The molecule has 0 saturated carbocycles. The van der Waals surface area contributed by atoms with Crippen LogP contribution in [-0.2, 0) is 4.79 Å². The lowest BCUT2D eigenvalue weighted by molar-refractivity contribution is -0.144. The Bertz CT molecular complexity index is 528. The van der Waals surface area contributed by atoms with E-state index < -0.39 is 0 Å². The summed E-state index contributed by atoms with van der Waals surface area (Å²) >= 11 is 6.94. The number of nitrogens with two attached hydrogens (primary N) is 1. The molecule has 2 atom stereocenters. The maximum Gasteiger partial charge on any atom is 0.223 e. The molecule has 1 aromatic rings. The smallest absolute Gasteiger partial charge is 0.223 e. The van der Waals surface area contributed by atoms with Crippen LogP contribution in [0.4, 0.5) is 0 Å². The van der Waals surface area contributed by atoms with Crippen molar-refractivity contribution in [3.63, 3.8) is 0 Å². The van der Waals surface area contributed by atoms with Gasteiger partial charge in [-0.3, -0.25) is 9.78 Å². The van der Waals surface area contributed by atoms with Crippen LogP contribution < -0.4 is 5.73 Å². The zero-order chi connectivity index (χ0) is 15.1. The first kappa shape index (κ1) is 15.9. The monoisotopic (exact) mass is 403 g/mol. The van der Waals surface area contributed by atoms with E-state index >= 15 is 0 Å². The molecular weight excluding hydrogens is 386 g/mol.